The van der Waals surface area contributed by atoms with E-state index in [4.69, 9.17) is 32.7 Å². The van der Waals surface area contributed by atoms with Gasteiger partial charge in [-0.3, -0.25) is 4.79 Å². The first-order chi connectivity index (χ1) is 12.1. The summed E-state index contributed by atoms with van der Waals surface area (Å²) < 4.78 is 10.8. The molecular weight excluding hydrogens is 363 g/mol. The maximum absolute atomic E-state index is 11.7. The van der Waals surface area contributed by atoms with E-state index in [1.807, 2.05) is 31.2 Å². The molecule has 0 saturated carbocycles. The fraction of sp³-hybridized carbons (Fsp3) is 0.222. The summed E-state index contributed by atoms with van der Waals surface area (Å²) in [6.07, 6.45) is 2.49. The van der Waals surface area contributed by atoms with Crippen molar-refractivity contribution in [3.8, 4) is 11.5 Å². The molecule has 132 valence electrons. The lowest BCUT2D eigenvalue weighted by Crippen LogP contribution is -2.24. The van der Waals surface area contributed by atoms with E-state index >= 15 is 0 Å². The number of ether oxygens (including phenoxy) is 2. The van der Waals surface area contributed by atoms with Crippen molar-refractivity contribution in [3.05, 3.63) is 58.1 Å². The maximum Gasteiger partial charge on any atom is 0.277 e. The Morgan fingerprint density at radius 1 is 1.16 bits per heavy atom. The molecule has 5 nitrogen and oxygen atoms in total. The fourth-order valence-electron chi connectivity index (χ4n) is 1.81. The lowest BCUT2D eigenvalue weighted by Gasteiger charge is -2.07. The zero-order valence-corrected chi connectivity index (χ0v) is 15.2. The third kappa shape index (κ3) is 6.64. The minimum Gasteiger partial charge on any atom is -0.494 e. The molecule has 2 aromatic carbocycles. The van der Waals surface area contributed by atoms with Gasteiger partial charge in [-0.2, -0.15) is 5.10 Å². The zero-order chi connectivity index (χ0) is 18.1. The van der Waals surface area contributed by atoms with Crippen LogP contribution in [0.1, 0.15) is 18.9 Å². The van der Waals surface area contributed by atoms with Gasteiger partial charge in [0.05, 0.1) is 17.8 Å². The normalized spacial score (nSPS) is 10.7. The first-order valence-electron chi connectivity index (χ1n) is 7.71. The Morgan fingerprint density at radius 3 is 2.64 bits per heavy atom. The van der Waals surface area contributed by atoms with E-state index in [-0.39, 0.29) is 6.61 Å². The molecule has 2 aromatic rings. The standard InChI is InChI=1S/C18H18Cl2N2O3/c1-2-9-24-15-6-3-13(4-7-15)11-21-22-18(23)12-25-17-10-14(19)5-8-16(17)20/h3-8,10-11H,2,9,12H2,1H3,(H,22,23)/b21-11+. The molecule has 0 aliphatic heterocycles. The molecule has 0 unspecified atom stereocenters. The number of rotatable bonds is 8. The van der Waals surface area contributed by atoms with Crippen LogP contribution in [-0.4, -0.2) is 25.3 Å². The molecule has 0 aliphatic carbocycles. The number of nitrogens with zero attached hydrogens (tertiary/aromatic N) is 1. The van der Waals surface area contributed by atoms with Gasteiger partial charge in [0.2, 0.25) is 0 Å². The van der Waals surface area contributed by atoms with Crippen LogP contribution in [0.3, 0.4) is 0 Å². The van der Waals surface area contributed by atoms with Gasteiger partial charge in [-0.1, -0.05) is 30.1 Å². The van der Waals surface area contributed by atoms with Crippen molar-refractivity contribution in [2.75, 3.05) is 13.2 Å². The number of benzene rings is 2. The first-order valence-corrected chi connectivity index (χ1v) is 8.46. The second kappa shape index (κ2) is 9.91. The topological polar surface area (TPSA) is 59.9 Å². The highest BCUT2D eigenvalue weighted by Crippen LogP contribution is 2.27. The fourth-order valence-corrected chi connectivity index (χ4v) is 2.15. The second-order valence-electron chi connectivity index (χ2n) is 5.07. The number of halogens is 2. The van der Waals surface area contributed by atoms with Gasteiger partial charge in [-0.15, -0.1) is 0 Å². The molecule has 0 saturated heterocycles. The van der Waals surface area contributed by atoms with Gasteiger partial charge in [-0.05, 0) is 48.4 Å². The molecule has 0 heterocycles. The summed E-state index contributed by atoms with van der Waals surface area (Å²) >= 11 is 11.8. The molecule has 25 heavy (non-hydrogen) atoms. The Kier molecular flexibility index (Phi) is 7.57. The van der Waals surface area contributed by atoms with Crippen LogP contribution >= 0.6 is 23.2 Å². The lowest BCUT2D eigenvalue weighted by molar-refractivity contribution is -0.123. The average molecular weight is 381 g/mol. The monoisotopic (exact) mass is 380 g/mol. The van der Waals surface area contributed by atoms with Crippen molar-refractivity contribution in [3.63, 3.8) is 0 Å². The summed E-state index contributed by atoms with van der Waals surface area (Å²) in [5.74, 6) is 0.737. The summed E-state index contributed by atoms with van der Waals surface area (Å²) in [6.45, 7) is 2.51. The van der Waals surface area contributed by atoms with Crippen molar-refractivity contribution in [1.82, 2.24) is 5.43 Å². The second-order valence-corrected chi connectivity index (χ2v) is 5.92. The van der Waals surface area contributed by atoms with E-state index in [1.165, 1.54) is 6.21 Å². The van der Waals surface area contributed by atoms with Crippen LogP contribution in [0.15, 0.2) is 47.6 Å². The third-order valence-corrected chi connectivity index (χ3v) is 3.56. The summed E-state index contributed by atoms with van der Waals surface area (Å²) in [4.78, 5) is 11.7. The Balaban J connectivity index is 1.79. The van der Waals surface area contributed by atoms with Crippen molar-refractivity contribution < 1.29 is 14.3 Å². The van der Waals surface area contributed by atoms with Crippen LogP contribution in [0.2, 0.25) is 10.0 Å². The highest BCUT2D eigenvalue weighted by Gasteiger charge is 2.06. The summed E-state index contributed by atoms with van der Waals surface area (Å²) in [7, 11) is 0. The number of carbonyl (C=O) groups excluding carboxylic acids is 1. The van der Waals surface area contributed by atoms with E-state index < -0.39 is 5.91 Å². The van der Waals surface area contributed by atoms with Gasteiger partial charge < -0.3 is 9.47 Å². The first kappa shape index (κ1) is 19.1. The Morgan fingerprint density at radius 2 is 1.92 bits per heavy atom. The largest absolute Gasteiger partial charge is 0.494 e. The van der Waals surface area contributed by atoms with E-state index in [0.29, 0.717) is 22.4 Å². The quantitative estimate of drug-likeness (QED) is 0.548. The molecule has 0 fully saturated rings. The van der Waals surface area contributed by atoms with Gasteiger partial charge in [-0.25, -0.2) is 5.43 Å². The van der Waals surface area contributed by atoms with E-state index in [0.717, 1.165) is 17.7 Å². The van der Waals surface area contributed by atoms with Crippen molar-refractivity contribution >= 4 is 35.3 Å². The van der Waals surface area contributed by atoms with Gasteiger partial charge >= 0.3 is 0 Å². The molecule has 2 rings (SSSR count). The van der Waals surface area contributed by atoms with E-state index in [1.54, 1.807) is 18.2 Å². The zero-order valence-electron chi connectivity index (χ0n) is 13.7. The number of carbonyl (C=O) groups is 1. The third-order valence-electron chi connectivity index (χ3n) is 3.01. The average Bonchev–Trinajstić information content (AvgIpc) is 2.62. The lowest BCUT2D eigenvalue weighted by atomic mass is 10.2. The molecular formula is C18H18Cl2N2O3. The number of amides is 1. The number of hydrazone groups is 1. The predicted octanol–water partition coefficient (Wildman–Crippen LogP) is 4.31. The van der Waals surface area contributed by atoms with E-state index in [9.17, 15) is 4.79 Å². The van der Waals surface area contributed by atoms with Crippen molar-refractivity contribution in [1.29, 1.82) is 0 Å². The SMILES string of the molecule is CCCOc1ccc(/C=N/NC(=O)COc2cc(Cl)ccc2Cl)cc1. The number of nitrogens with one attached hydrogen (secondary N) is 1. The molecule has 0 aromatic heterocycles. The van der Waals surface area contributed by atoms with Crippen LogP contribution in [0, 0.1) is 0 Å². The highest BCUT2D eigenvalue weighted by atomic mass is 35.5. The van der Waals surface area contributed by atoms with Gasteiger partial charge in [0.25, 0.3) is 5.91 Å². The summed E-state index contributed by atoms with van der Waals surface area (Å²) in [6, 6.07) is 12.2. The van der Waals surface area contributed by atoms with Crippen LogP contribution in [-0.2, 0) is 4.79 Å². The number of hydrogen-bond donors (Lipinski definition) is 1. The maximum atomic E-state index is 11.7. The van der Waals surface area contributed by atoms with Crippen LogP contribution in [0.25, 0.3) is 0 Å². The molecule has 0 atom stereocenters. The minimum atomic E-state index is -0.407. The summed E-state index contributed by atoms with van der Waals surface area (Å²) in [5.41, 5.74) is 3.22. The Bertz CT molecular complexity index is 734. The molecule has 0 bridgehead atoms. The van der Waals surface area contributed by atoms with Crippen LogP contribution in [0.4, 0.5) is 0 Å². The van der Waals surface area contributed by atoms with E-state index in [2.05, 4.69) is 10.5 Å². The highest BCUT2D eigenvalue weighted by molar-refractivity contribution is 6.34. The Hall–Kier alpha value is -2.24. The van der Waals surface area contributed by atoms with Crippen molar-refractivity contribution in [2.24, 2.45) is 5.10 Å². The van der Waals surface area contributed by atoms with Gasteiger partial charge in [0.15, 0.2) is 6.61 Å². The Labute approximate surface area is 156 Å². The number of hydrogen-bond acceptors (Lipinski definition) is 4. The molecule has 1 amide bonds. The van der Waals surface area contributed by atoms with Gasteiger partial charge in [0.1, 0.15) is 11.5 Å². The molecule has 0 aliphatic rings. The minimum absolute atomic E-state index is 0.221. The molecule has 1 N–H and O–H groups in total. The summed E-state index contributed by atoms with van der Waals surface area (Å²) in [5, 5.41) is 4.74. The van der Waals surface area contributed by atoms with Gasteiger partial charge in [0, 0.05) is 11.1 Å². The molecule has 0 spiro atoms. The molecule has 0 radical (unpaired) electrons. The van der Waals surface area contributed by atoms with Crippen molar-refractivity contribution in [2.45, 2.75) is 13.3 Å². The van der Waals surface area contributed by atoms with Crippen LogP contribution in [0.5, 0.6) is 11.5 Å². The molecule has 7 heteroatoms. The smallest absolute Gasteiger partial charge is 0.277 e. The van der Waals surface area contributed by atoms with Crippen LogP contribution < -0.4 is 14.9 Å². The predicted molar refractivity (Wildman–Crippen MR) is 99.9 cm³/mol.